The second-order valence-electron chi connectivity index (χ2n) is 12.6. The van der Waals surface area contributed by atoms with Gasteiger partial charge in [0.15, 0.2) is 0 Å². The zero-order valence-corrected chi connectivity index (χ0v) is 31.0. The maximum atomic E-state index is 12.4. The summed E-state index contributed by atoms with van der Waals surface area (Å²) in [7, 11) is -8.29. The molecule has 8 nitrogen and oxygen atoms in total. The van der Waals surface area contributed by atoms with Gasteiger partial charge in [-0.3, -0.25) is 9.05 Å². The molecule has 0 aromatic heterocycles. The van der Waals surface area contributed by atoms with Crippen LogP contribution in [0.3, 0.4) is 0 Å². The third kappa shape index (κ3) is 11.7. The van der Waals surface area contributed by atoms with E-state index in [0.717, 1.165) is 25.0 Å². The Hall–Kier alpha value is 0.734. The fourth-order valence-electron chi connectivity index (χ4n) is 4.58. The van der Waals surface area contributed by atoms with Crippen LogP contribution in [-0.4, -0.2) is 65.9 Å². The standard InChI is InChI=1S/C27H61O8PSSi2/c1-22(2)38(23(3)4,33-20-19-32-36(28,29)31-18-16-14-15-17-21-37)35-39(24(5)6,25(7)8)34-27(11,12)26(9,10)30-13/h22-25,37H,14-21H2,1-13H3,(H,28,29). The summed E-state index contributed by atoms with van der Waals surface area (Å²) in [5.74, 6) is 0.844. The Kier molecular flexibility index (Phi) is 17.5. The molecule has 1 atom stereocenters. The van der Waals surface area contributed by atoms with E-state index in [1.807, 2.05) is 13.8 Å². The molecule has 0 radical (unpaired) electrons. The van der Waals surface area contributed by atoms with Gasteiger partial charge >= 0.3 is 24.9 Å². The van der Waals surface area contributed by atoms with E-state index in [4.69, 9.17) is 26.8 Å². The lowest BCUT2D eigenvalue weighted by Gasteiger charge is -2.53. The molecule has 1 unspecified atom stereocenters. The molecule has 0 rings (SSSR count). The molecule has 0 aliphatic carbocycles. The Morgan fingerprint density at radius 1 is 0.718 bits per heavy atom. The number of thiol groups is 1. The van der Waals surface area contributed by atoms with Crippen LogP contribution in [0.15, 0.2) is 0 Å². The monoisotopic (exact) mass is 632 g/mol. The molecular formula is C27H61O8PSSi2. The van der Waals surface area contributed by atoms with Crippen LogP contribution in [-0.2, 0) is 31.3 Å². The molecule has 0 saturated heterocycles. The zero-order chi connectivity index (χ0) is 30.7. The molecule has 0 aliphatic rings. The van der Waals surface area contributed by atoms with Crippen LogP contribution in [0.5, 0.6) is 0 Å². The van der Waals surface area contributed by atoms with E-state index in [1.165, 1.54) is 0 Å². The molecule has 0 spiro atoms. The molecule has 0 bridgehead atoms. The summed E-state index contributed by atoms with van der Waals surface area (Å²) in [6, 6.07) is 0. The van der Waals surface area contributed by atoms with Crippen molar-refractivity contribution in [2.75, 3.05) is 32.7 Å². The van der Waals surface area contributed by atoms with Crippen molar-refractivity contribution in [3.63, 3.8) is 0 Å². The predicted molar refractivity (Wildman–Crippen MR) is 169 cm³/mol. The lowest BCUT2D eigenvalue weighted by Crippen LogP contribution is -2.65. The van der Waals surface area contributed by atoms with Gasteiger partial charge in [0.2, 0.25) is 0 Å². The van der Waals surface area contributed by atoms with Crippen molar-refractivity contribution in [3.05, 3.63) is 0 Å². The Labute approximate surface area is 248 Å². The Morgan fingerprint density at radius 2 is 1.18 bits per heavy atom. The van der Waals surface area contributed by atoms with Gasteiger partial charge in [-0.1, -0.05) is 68.2 Å². The topological polar surface area (TPSA) is 92.7 Å². The number of hydrogen-bond donors (Lipinski definition) is 2. The number of hydrogen-bond acceptors (Lipinski definition) is 8. The second kappa shape index (κ2) is 17.1. The number of rotatable bonds is 22. The first-order valence-electron chi connectivity index (χ1n) is 14.6. The molecule has 0 aromatic carbocycles. The summed E-state index contributed by atoms with van der Waals surface area (Å²) < 4.78 is 49.7. The predicted octanol–water partition coefficient (Wildman–Crippen LogP) is 8.39. The van der Waals surface area contributed by atoms with E-state index in [9.17, 15) is 9.46 Å². The van der Waals surface area contributed by atoms with Crippen LogP contribution in [0.4, 0.5) is 0 Å². The van der Waals surface area contributed by atoms with Gasteiger partial charge in [-0.05, 0) is 68.5 Å². The molecule has 0 aliphatic heterocycles. The maximum Gasteiger partial charge on any atom is 0.472 e. The van der Waals surface area contributed by atoms with Crippen LogP contribution in [0.25, 0.3) is 0 Å². The first kappa shape index (κ1) is 39.7. The van der Waals surface area contributed by atoms with Crippen molar-refractivity contribution in [3.8, 4) is 0 Å². The van der Waals surface area contributed by atoms with Gasteiger partial charge < -0.3 is 22.6 Å². The van der Waals surface area contributed by atoms with Crippen LogP contribution >= 0.6 is 20.5 Å². The SMILES string of the molecule is COC(C)(C)C(C)(C)O[Si](O[Si](OCCOP(=O)(O)OCCCCCCS)(C(C)C)C(C)C)(C(C)C)C(C)C. The third-order valence-corrected chi connectivity index (χ3v) is 19.7. The molecule has 12 heteroatoms. The summed E-state index contributed by atoms with van der Waals surface area (Å²) in [5, 5.41) is 0. The highest BCUT2D eigenvalue weighted by Gasteiger charge is 2.59. The Morgan fingerprint density at radius 3 is 1.62 bits per heavy atom. The molecule has 236 valence electrons. The van der Waals surface area contributed by atoms with Gasteiger partial charge in [0, 0.05) is 7.11 Å². The smallest absolute Gasteiger partial charge is 0.414 e. The van der Waals surface area contributed by atoms with Crippen molar-refractivity contribution in [1.29, 1.82) is 0 Å². The second-order valence-corrected chi connectivity index (χ2v) is 23.3. The molecule has 39 heavy (non-hydrogen) atoms. The van der Waals surface area contributed by atoms with Crippen LogP contribution in [0.2, 0.25) is 22.2 Å². The highest BCUT2D eigenvalue weighted by atomic mass is 32.1. The van der Waals surface area contributed by atoms with E-state index < -0.39 is 36.1 Å². The number of unbranched alkanes of at least 4 members (excludes halogenated alkanes) is 3. The lowest BCUT2D eigenvalue weighted by atomic mass is 9.90. The quantitative estimate of drug-likeness (QED) is 0.0532. The summed E-state index contributed by atoms with van der Waals surface area (Å²) in [6.07, 6.45) is 3.68. The molecule has 0 saturated carbocycles. The summed E-state index contributed by atoms with van der Waals surface area (Å²) >= 11 is 4.20. The van der Waals surface area contributed by atoms with Crippen molar-refractivity contribution in [2.24, 2.45) is 0 Å². The highest BCUT2D eigenvalue weighted by Crippen LogP contribution is 2.48. The molecule has 0 aromatic rings. The van der Waals surface area contributed by atoms with E-state index in [-0.39, 0.29) is 42.0 Å². The van der Waals surface area contributed by atoms with E-state index in [2.05, 4.69) is 81.9 Å². The van der Waals surface area contributed by atoms with Gasteiger partial charge in [0.1, 0.15) is 0 Å². The lowest BCUT2D eigenvalue weighted by molar-refractivity contribution is -0.129. The molecular weight excluding hydrogens is 572 g/mol. The van der Waals surface area contributed by atoms with Crippen molar-refractivity contribution in [1.82, 2.24) is 0 Å². The number of phosphoric ester groups is 1. The van der Waals surface area contributed by atoms with E-state index in [1.54, 1.807) is 7.11 Å². The largest absolute Gasteiger partial charge is 0.472 e. The first-order valence-corrected chi connectivity index (χ1v) is 20.7. The number of phosphoric acid groups is 1. The normalized spacial score (nSPS) is 15.7. The third-order valence-electron chi connectivity index (χ3n) is 7.89. The van der Waals surface area contributed by atoms with Crippen LogP contribution < -0.4 is 0 Å². The van der Waals surface area contributed by atoms with Crippen molar-refractivity contribution < 1.29 is 36.2 Å². The fraction of sp³-hybridized carbons (Fsp3) is 1.00. The highest BCUT2D eigenvalue weighted by molar-refractivity contribution is 7.80. The van der Waals surface area contributed by atoms with Gasteiger partial charge in [-0.25, -0.2) is 4.57 Å². The molecule has 0 heterocycles. The fourth-order valence-corrected chi connectivity index (χ4v) is 17.0. The average molecular weight is 633 g/mol. The van der Waals surface area contributed by atoms with Crippen LogP contribution in [0.1, 0.15) is 109 Å². The van der Waals surface area contributed by atoms with E-state index in [0.29, 0.717) is 6.42 Å². The minimum atomic E-state index is -4.15. The summed E-state index contributed by atoms with van der Waals surface area (Å²) in [6.45, 7) is 25.6. The molecule has 1 N–H and O–H groups in total. The van der Waals surface area contributed by atoms with Gasteiger partial charge in [0.05, 0.1) is 31.0 Å². The minimum Gasteiger partial charge on any atom is -0.414 e. The van der Waals surface area contributed by atoms with Gasteiger partial charge in [-0.15, -0.1) is 0 Å². The first-order chi connectivity index (χ1) is 17.8. The van der Waals surface area contributed by atoms with Gasteiger partial charge in [0.25, 0.3) is 0 Å². The molecule has 0 fully saturated rings. The van der Waals surface area contributed by atoms with Gasteiger partial charge in [-0.2, -0.15) is 12.6 Å². The van der Waals surface area contributed by atoms with E-state index >= 15 is 0 Å². The molecule has 0 amide bonds. The summed E-state index contributed by atoms with van der Waals surface area (Å²) in [5.41, 5.74) is -0.647. The minimum absolute atomic E-state index is 0.0635. The van der Waals surface area contributed by atoms with Crippen molar-refractivity contribution >= 4 is 37.6 Å². The zero-order valence-electron chi connectivity index (χ0n) is 27.2. The Balaban J connectivity index is 5.77. The van der Waals surface area contributed by atoms with Crippen molar-refractivity contribution in [2.45, 2.75) is 142 Å². The van der Waals surface area contributed by atoms with Crippen LogP contribution in [0, 0.1) is 0 Å². The Bertz CT molecular complexity index is 719. The number of ether oxygens (including phenoxy) is 1. The number of methoxy groups -OCH3 is 1. The average Bonchev–Trinajstić information content (AvgIpc) is 2.81. The summed E-state index contributed by atoms with van der Waals surface area (Å²) in [4.78, 5) is 10.1. The maximum absolute atomic E-state index is 12.4.